The van der Waals surface area contributed by atoms with Gasteiger partial charge in [0.25, 0.3) is 0 Å². The minimum Gasteiger partial charge on any atom is -0.486 e. The highest BCUT2D eigenvalue weighted by Gasteiger charge is 2.17. The fourth-order valence-electron chi connectivity index (χ4n) is 2.65. The average Bonchev–Trinajstić information content (AvgIpc) is 3.20. The summed E-state index contributed by atoms with van der Waals surface area (Å²) in [6, 6.07) is 6.36. The Labute approximate surface area is 189 Å². The molecule has 0 aliphatic carbocycles. The second-order valence-electron chi connectivity index (χ2n) is 7.02. The minimum absolute atomic E-state index is 0. The molecule has 0 spiro atoms. The van der Waals surface area contributed by atoms with Gasteiger partial charge in [0, 0.05) is 33.2 Å². The third kappa shape index (κ3) is 9.16. The predicted molar refractivity (Wildman–Crippen MR) is 122 cm³/mol. The number of benzene rings is 1. The molecule has 1 aliphatic rings. The standard InChI is InChI=1S/C20H31FN4O3.HI/c1-4-16(28-18-8-6-5-7-17(18)21)12-23-20(24-13-19(26)25(2)3)22-11-15-9-10-27-14-15;/h5-8,15-16H,4,9-14H2,1-3H3,(H2,22,23,24);1H. The van der Waals surface area contributed by atoms with E-state index in [9.17, 15) is 9.18 Å². The molecule has 2 unspecified atom stereocenters. The Hall–Kier alpha value is -1.62. The average molecular weight is 522 g/mol. The molecular formula is C20H32FIN4O3. The van der Waals surface area contributed by atoms with E-state index in [1.165, 1.54) is 11.0 Å². The first kappa shape index (κ1) is 25.4. The Kier molecular flexibility index (Phi) is 11.9. The lowest BCUT2D eigenvalue weighted by atomic mass is 10.1. The van der Waals surface area contributed by atoms with Crippen molar-refractivity contribution in [3.05, 3.63) is 30.1 Å². The number of amides is 1. The molecule has 1 heterocycles. The van der Waals surface area contributed by atoms with Crippen LogP contribution in [0.1, 0.15) is 19.8 Å². The van der Waals surface area contributed by atoms with Gasteiger partial charge in [0.15, 0.2) is 17.5 Å². The van der Waals surface area contributed by atoms with Crippen LogP contribution < -0.4 is 15.4 Å². The predicted octanol–water partition coefficient (Wildman–Crippen LogP) is 2.26. The maximum absolute atomic E-state index is 13.8. The number of para-hydroxylation sites is 1. The van der Waals surface area contributed by atoms with Gasteiger partial charge in [-0.05, 0) is 25.0 Å². The summed E-state index contributed by atoms with van der Waals surface area (Å²) < 4.78 is 25.0. The number of carbonyl (C=O) groups is 1. The van der Waals surface area contributed by atoms with E-state index in [1.54, 1.807) is 32.3 Å². The summed E-state index contributed by atoms with van der Waals surface area (Å²) in [5.74, 6) is 0.727. The van der Waals surface area contributed by atoms with Gasteiger partial charge in [-0.15, -0.1) is 24.0 Å². The van der Waals surface area contributed by atoms with E-state index in [0.29, 0.717) is 31.4 Å². The molecule has 0 radical (unpaired) electrons. The van der Waals surface area contributed by atoms with Gasteiger partial charge in [0.2, 0.25) is 5.91 Å². The summed E-state index contributed by atoms with van der Waals surface area (Å²) in [5.41, 5.74) is 0. The number of rotatable bonds is 9. The third-order valence-corrected chi connectivity index (χ3v) is 4.54. The molecule has 0 aromatic heterocycles. The summed E-state index contributed by atoms with van der Waals surface area (Å²) >= 11 is 0. The SMILES string of the molecule is CCC(CNC(=NCC(=O)N(C)C)NCC1CCOC1)Oc1ccccc1F.I. The van der Waals surface area contributed by atoms with Gasteiger partial charge >= 0.3 is 0 Å². The number of carbonyl (C=O) groups excluding carboxylic acids is 1. The highest BCUT2D eigenvalue weighted by atomic mass is 127. The zero-order valence-corrected chi connectivity index (χ0v) is 19.6. The lowest BCUT2D eigenvalue weighted by Gasteiger charge is -2.21. The van der Waals surface area contributed by atoms with E-state index in [4.69, 9.17) is 9.47 Å². The van der Waals surface area contributed by atoms with Crippen LogP contribution in [0.3, 0.4) is 0 Å². The lowest BCUT2D eigenvalue weighted by Crippen LogP contribution is -2.44. The number of likely N-dealkylation sites (N-methyl/N-ethyl adjacent to an activating group) is 1. The summed E-state index contributed by atoms with van der Waals surface area (Å²) in [6.07, 6.45) is 1.47. The molecule has 1 aliphatic heterocycles. The smallest absolute Gasteiger partial charge is 0.243 e. The van der Waals surface area contributed by atoms with Gasteiger partial charge in [-0.1, -0.05) is 19.1 Å². The van der Waals surface area contributed by atoms with Gasteiger partial charge in [0.1, 0.15) is 12.6 Å². The second-order valence-corrected chi connectivity index (χ2v) is 7.02. The van der Waals surface area contributed by atoms with Gasteiger partial charge in [-0.3, -0.25) is 4.79 Å². The molecule has 2 rings (SSSR count). The molecule has 0 bridgehead atoms. The Balaban J connectivity index is 0.00000420. The second kappa shape index (κ2) is 13.6. The number of halogens is 2. The molecule has 1 fully saturated rings. The summed E-state index contributed by atoms with van der Waals surface area (Å²) in [7, 11) is 3.40. The molecule has 2 N–H and O–H groups in total. The number of guanidine groups is 1. The molecule has 0 saturated carbocycles. The van der Waals surface area contributed by atoms with E-state index in [0.717, 1.165) is 19.6 Å². The van der Waals surface area contributed by atoms with E-state index >= 15 is 0 Å². The fraction of sp³-hybridized carbons (Fsp3) is 0.600. The Bertz CT molecular complexity index is 654. The quantitative estimate of drug-likeness (QED) is 0.296. The van der Waals surface area contributed by atoms with Gasteiger partial charge in [0.05, 0.1) is 13.2 Å². The third-order valence-electron chi connectivity index (χ3n) is 4.54. The zero-order valence-electron chi connectivity index (χ0n) is 17.3. The van der Waals surface area contributed by atoms with Gasteiger partial charge < -0.3 is 25.0 Å². The Morgan fingerprint density at radius 2 is 2.14 bits per heavy atom. The first-order valence-electron chi connectivity index (χ1n) is 9.70. The van der Waals surface area contributed by atoms with Crippen molar-refractivity contribution in [2.75, 3.05) is 46.9 Å². The number of hydrogen-bond acceptors (Lipinski definition) is 4. The van der Waals surface area contributed by atoms with Crippen molar-refractivity contribution >= 4 is 35.8 Å². The van der Waals surface area contributed by atoms with Crippen LogP contribution in [0.15, 0.2) is 29.3 Å². The first-order valence-corrected chi connectivity index (χ1v) is 9.70. The van der Waals surface area contributed by atoms with Crippen LogP contribution in [0.5, 0.6) is 5.75 Å². The number of ether oxygens (including phenoxy) is 2. The van der Waals surface area contributed by atoms with Crippen molar-refractivity contribution in [2.24, 2.45) is 10.9 Å². The molecule has 1 aromatic rings. The maximum atomic E-state index is 13.8. The molecular weight excluding hydrogens is 490 g/mol. The number of nitrogens with one attached hydrogen (secondary N) is 2. The molecule has 1 amide bonds. The van der Waals surface area contributed by atoms with Crippen LogP contribution in [0.25, 0.3) is 0 Å². The maximum Gasteiger partial charge on any atom is 0.243 e. The lowest BCUT2D eigenvalue weighted by molar-refractivity contribution is -0.127. The van der Waals surface area contributed by atoms with Crippen LogP contribution in [-0.4, -0.2) is 69.8 Å². The van der Waals surface area contributed by atoms with Crippen molar-refractivity contribution in [2.45, 2.75) is 25.9 Å². The summed E-state index contributed by atoms with van der Waals surface area (Å²) in [5, 5.41) is 6.48. The number of nitrogens with zero attached hydrogens (tertiary/aromatic N) is 2. The summed E-state index contributed by atoms with van der Waals surface area (Å²) in [6.45, 7) is 4.68. The van der Waals surface area contributed by atoms with Crippen LogP contribution in [0, 0.1) is 11.7 Å². The molecule has 29 heavy (non-hydrogen) atoms. The molecule has 2 atom stereocenters. The normalized spacial score (nSPS) is 17.2. The van der Waals surface area contributed by atoms with Crippen LogP contribution in [-0.2, 0) is 9.53 Å². The number of hydrogen-bond donors (Lipinski definition) is 2. The first-order chi connectivity index (χ1) is 13.5. The van der Waals surface area contributed by atoms with Crippen molar-refractivity contribution in [1.82, 2.24) is 15.5 Å². The minimum atomic E-state index is -0.384. The topological polar surface area (TPSA) is 75.2 Å². The zero-order chi connectivity index (χ0) is 20.4. The van der Waals surface area contributed by atoms with Gasteiger partial charge in [-0.25, -0.2) is 9.38 Å². The van der Waals surface area contributed by atoms with Gasteiger partial charge in [-0.2, -0.15) is 0 Å². The highest BCUT2D eigenvalue weighted by Crippen LogP contribution is 2.17. The number of aliphatic imine (C=N–C) groups is 1. The van der Waals surface area contributed by atoms with Crippen LogP contribution >= 0.6 is 24.0 Å². The Morgan fingerprint density at radius 3 is 2.76 bits per heavy atom. The molecule has 7 nitrogen and oxygen atoms in total. The molecule has 1 saturated heterocycles. The largest absolute Gasteiger partial charge is 0.486 e. The highest BCUT2D eigenvalue weighted by molar-refractivity contribution is 14.0. The Morgan fingerprint density at radius 1 is 1.38 bits per heavy atom. The monoisotopic (exact) mass is 522 g/mol. The van der Waals surface area contributed by atoms with Crippen molar-refractivity contribution in [3.8, 4) is 5.75 Å². The van der Waals surface area contributed by atoms with Crippen molar-refractivity contribution in [3.63, 3.8) is 0 Å². The van der Waals surface area contributed by atoms with Crippen molar-refractivity contribution < 1.29 is 18.7 Å². The van der Waals surface area contributed by atoms with E-state index in [-0.39, 0.29) is 54.1 Å². The molecule has 1 aromatic carbocycles. The van der Waals surface area contributed by atoms with Crippen LogP contribution in [0.4, 0.5) is 4.39 Å². The summed E-state index contributed by atoms with van der Waals surface area (Å²) in [4.78, 5) is 17.7. The van der Waals surface area contributed by atoms with Crippen LogP contribution in [0.2, 0.25) is 0 Å². The molecule has 9 heteroatoms. The van der Waals surface area contributed by atoms with Crippen molar-refractivity contribution in [1.29, 1.82) is 0 Å². The van der Waals surface area contributed by atoms with E-state index < -0.39 is 0 Å². The molecule has 164 valence electrons. The fourth-order valence-corrected chi connectivity index (χ4v) is 2.65. The van der Waals surface area contributed by atoms with E-state index in [1.807, 2.05) is 6.92 Å². The van der Waals surface area contributed by atoms with E-state index in [2.05, 4.69) is 15.6 Å².